The zero-order chi connectivity index (χ0) is 12.1. The molecule has 6 heteroatoms. The first-order valence-electron chi connectivity index (χ1n) is 4.83. The minimum atomic E-state index is -0.556. The molecule has 1 atom stereocenters. The van der Waals surface area contributed by atoms with E-state index >= 15 is 0 Å². The fourth-order valence-corrected chi connectivity index (χ4v) is 1.76. The van der Waals surface area contributed by atoms with Crippen LogP contribution in [-0.4, -0.2) is 43.5 Å². The number of nitrogens with zero attached hydrogens (tertiary/aromatic N) is 2. The molecule has 0 saturated heterocycles. The highest BCUT2D eigenvalue weighted by Gasteiger charge is 2.12. The standard InChI is InChI=1S/C10H16BrN3O2/c1-14(5-8(15)6-16-2)10-9(12)3-7(11)4-13-10/h3-4,8,15H,5-6,12H2,1-2H3. The van der Waals surface area contributed by atoms with Crippen molar-refractivity contribution in [1.82, 2.24) is 4.98 Å². The van der Waals surface area contributed by atoms with Gasteiger partial charge in [0, 0.05) is 31.4 Å². The van der Waals surface area contributed by atoms with Crippen molar-refractivity contribution in [3.63, 3.8) is 0 Å². The lowest BCUT2D eigenvalue weighted by Gasteiger charge is -2.22. The number of ether oxygens (including phenoxy) is 1. The first-order chi connectivity index (χ1) is 7.54. The van der Waals surface area contributed by atoms with Gasteiger partial charge in [0.1, 0.15) is 0 Å². The SMILES string of the molecule is COCC(O)CN(C)c1ncc(Br)cc1N. The summed E-state index contributed by atoms with van der Waals surface area (Å²) in [4.78, 5) is 5.99. The number of nitrogens with two attached hydrogens (primary N) is 1. The number of likely N-dealkylation sites (N-methyl/N-ethyl adjacent to an activating group) is 1. The van der Waals surface area contributed by atoms with Gasteiger partial charge in [-0.25, -0.2) is 4.98 Å². The molecule has 5 nitrogen and oxygen atoms in total. The lowest BCUT2D eigenvalue weighted by Crippen LogP contribution is -2.32. The number of aliphatic hydroxyl groups is 1. The molecule has 90 valence electrons. The summed E-state index contributed by atoms with van der Waals surface area (Å²) in [6.45, 7) is 0.716. The Bertz CT molecular complexity index is 349. The van der Waals surface area contributed by atoms with E-state index in [-0.39, 0.29) is 0 Å². The highest BCUT2D eigenvalue weighted by atomic mass is 79.9. The predicted octanol–water partition coefficient (Wildman–Crippen LogP) is 0.870. The van der Waals surface area contributed by atoms with Gasteiger partial charge in [0.15, 0.2) is 5.82 Å². The predicted molar refractivity (Wildman–Crippen MR) is 67.5 cm³/mol. The number of aromatic nitrogens is 1. The van der Waals surface area contributed by atoms with E-state index in [1.807, 2.05) is 7.05 Å². The van der Waals surface area contributed by atoms with Crippen LogP contribution >= 0.6 is 15.9 Å². The monoisotopic (exact) mass is 289 g/mol. The molecule has 0 fully saturated rings. The van der Waals surface area contributed by atoms with Crippen molar-refractivity contribution in [2.45, 2.75) is 6.10 Å². The molecule has 0 aliphatic carbocycles. The summed E-state index contributed by atoms with van der Waals surface area (Å²) >= 11 is 3.29. The third-order valence-electron chi connectivity index (χ3n) is 2.07. The summed E-state index contributed by atoms with van der Waals surface area (Å²) in [5.41, 5.74) is 6.40. The maximum absolute atomic E-state index is 9.58. The van der Waals surface area contributed by atoms with Crippen molar-refractivity contribution in [1.29, 1.82) is 0 Å². The molecule has 1 aromatic heterocycles. The van der Waals surface area contributed by atoms with Crippen molar-refractivity contribution >= 4 is 27.4 Å². The van der Waals surface area contributed by atoms with Gasteiger partial charge in [-0.2, -0.15) is 0 Å². The largest absolute Gasteiger partial charge is 0.396 e. The topological polar surface area (TPSA) is 71.6 Å². The number of rotatable bonds is 5. The highest BCUT2D eigenvalue weighted by molar-refractivity contribution is 9.10. The lowest BCUT2D eigenvalue weighted by molar-refractivity contribution is 0.0694. The number of aliphatic hydroxyl groups excluding tert-OH is 1. The third kappa shape index (κ3) is 3.62. The summed E-state index contributed by atoms with van der Waals surface area (Å²) in [5.74, 6) is 0.651. The molecule has 0 radical (unpaired) electrons. The first-order valence-corrected chi connectivity index (χ1v) is 5.63. The van der Waals surface area contributed by atoms with Gasteiger partial charge >= 0.3 is 0 Å². The minimum absolute atomic E-state index is 0.292. The smallest absolute Gasteiger partial charge is 0.151 e. The van der Waals surface area contributed by atoms with Crippen LogP contribution in [0.2, 0.25) is 0 Å². The van der Waals surface area contributed by atoms with Crippen LogP contribution in [0.3, 0.4) is 0 Å². The van der Waals surface area contributed by atoms with Gasteiger partial charge in [0.2, 0.25) is 0 Å². The van der Waals surface area contributed by atoms with Gasteiger partial charge < -0.3 is 20.5 Å². The van der Waals surface area contributed by atoms with Crippen LogP contribution in [0.15, 0.2) is 16.7 Å². The molecule has 0 saturated carbocycles. The molecular formula is C10H16BrN3O2. The van der Waals surface area contributed by atoms with Gasteiger partial charge in [-0.05, 0) is 22.0 Å². The molecule has 1 heterocycles. The van der Waals surface area contributed by atoms with Crippen molar-refractivity contribution < 1.29 is 9.84 Å². The van der Waals surface area contributed by atoms with Crippen LogP contribution in [0.1, 0.15) is 0 Å². The quantitative estimate of drug-likeness (QED) is 0.842. The van der Waals surface area contributed by atoms with Gasteiger partial charge in [0.25, 0.3) is 0 Å². The number of halogens is 1. The molecule has 0 amide bonds. The van der Waals surface area contributed by atoms with Gasteiger partial charge in [-0.1, -0.05) is 0 Å². The summed E-state index contributed by atoms with van der Waals surface area (Å²) in [5, 5.41) is 9.58. The molecule has 16 heavy (non-hydrogen) atoms. The van der Waals surface area contributed by atoms with Gasteiger partial charge in [-0.3, -0.25) is 0 Å². The van der Waals surface area contributed by atoms with E-state index in [0.29, 0.717) is 24.7 Å². The number of anilines is 2. The highest BCUT2D eigenvalue weighted by Crippen LogP contribution is 2.22. The second-order valence-electron chi connectivity index (χ2n) is 3.56. The second kappa shape index (κ2) is 6.03. The molecule has 0 aromatic carbocycles. The number of pyridine rings is 1. The number of methoxy groups -OCH3 is 1. The van der Waals surface area contributed by atoms with E-state index in [0.717, 1.165) is 4.47 Å². The van der Waals surface area contributed by atoms with Crippen LogP contribution in [0.5, 0.6) is 0 Å². The molecule has 0 aliphatic rings. The maximum atomic E-state index is 9.58. The lowest BCUT2D eigenvalue weighted by atomic mass is 10.3. The average molecular weight is 290 g/mol. The Hall–Kier alpha value is -0.850. The molecular weight excluding hydrogens is 274 g/mol. The fraction of sp³-hybridized carbons (Fsp3) is 0.500. The molecule has 3 N–H and O–H groups in total. The number of hydrogen-bond donors (Lipinski definition) is 2. The number of nitrogen functional groups attached to an aromatic ring is 1. The minimum Gasteiger partial charge on any atom is -0.396 e. The molecule has 1 aromatic rings. The normalized spacial score (nSPS) is 12.5. The maximum Gasteiger partial charge on any atom is 0.151 e. The van der Waals surface area contributed by atoms with Crippen molar-refractivity contribution in [3.05, 3.63) is 16.7 Å². The second-order valence-corrected chi connectivity index (χ2v) is 4.47. The Morgan fingerprint density at radius 3 is 2.94 bits per heavy atom. The Balaban J connectivity index is 2.69. The first kappa shape index (κ1) is 13.2. The summed E-state index contributed by atoms with van der Waals surface area (Å²) in [6.07, 6.45) is 1.12. The number of hydrogen-bond acceptors (Lipinski definition) is 5. The van der Waals surface area contributed by atoms with Crippen LogP contribution < -0.4 is 10.6 Å². The van der Waals surface area contributed by atoms with Crippen molar-refractivity contribution in [3.8, 4) is 0 Å². The zero-order valence-electron chi connectivity index (χ0n) is 9.35. The van der Waals surface area contributed by atoms with Crippen LogP contribution in [0.25, 0.3) is 0 Å². The summed E-state index contributed by atoms with van der Waals surface area (Å²) < 4.78 is 5.69. The summed E-state index contributed by atoms with van der Waals surface area (Å²) in [6, 6.07) is 1.78. The van der Waals surface area contributed by atoms with Crippen molar-refractivity contribution in [2.75, 3.05) is 37.9 Å². The Kier molecular flexibility index (Phi) is 4.98. The van der Waals surface area contributed by atoms with E-state index in [9.17, 15) is 5.11 Å². The Labute approximate surface area is 103 Å². The molecule has 1 unspecified atom stereocenters. The van der Waals surface area contributed by atoms with E-state index in [2.05, 4.69) is 20.9 Å². The van der Waals surface area contributed by atoms with E-state index in [1.165, 1.54) is 0 Å². The molecule has 0 spiro atoms. The third-order valence-corrected chi connectivity index (χ3v) is 2.50. The van der Waals surface area contributed by atoms with Crippen LogP contribution in [0, 0.1) is 0 Å². The fourth-order valence-electron chi connectivity index (χ4n) is 1.41. The average Bonchev–Trinajstić information content (AvgIpc) is 2.17. The zero-order valence-corrected chi connectivity index (χ0v) is 10.9. The van der Waals surface area contributed by atoms with Gasteiger partial charge in [-0.15, -0.1) is 0 Å². The molecule has 0 bridgehead atoms. The molecule has 0 aliphatic heterocycles. The van der Waals surface area contributed by atoms with E-state index in [4.69, 9.17) is 10.5 Å². The Morgan fingerprint density at radius 2 is 2.38 bits per heavy atom. The van der Waals surface area contributed by atoms with Crippen LogP contribution in [0.4, 0.5) is 11.5 Å². The van der Waals surface area contributed by atoms with E-state index in [1.54, 1.807) is 24.3 Å². The van der Waals surface area contributed by atoms with Crippen molar-refractivity contribution in [2.24, 2.45) is 0 Å². The van der Waals surface area contributed by atoms with Gasteiger partial charge in [0.05, 0.1) is 18.4 Å². The van der Waals surface area contributed by atoms with Crippen LogP contribution in [-0.2, 0) is 4.74 Å². The van der Waals surface area contributed by atoms with E-state index < -0.39 is 6.10 Å². The summed E-state index contributed by atoms with van der Waals surface area (Å²) in [7, 11) is 3.38. The Morgan fingerprint density at radius 1 is 1.69 bits per heavy atom. The molecule has 1 rings (SSSR count).